The number of hydrogen-bond acceptors (Lipinski definition) is 1. The molecule has 1 atom stereocenters. The molecule has 1 aromatic rings. The van der Waals surface area contributed by atoms with Crippen LogP contribution in [0.1, 0.15) is 38.4 Å². The molecule has 76 valence electrons. The Hall–Kier alpha value is -0.850. The van der Waals surface area contributed by atoms with E-state index in [1.807, 2.05) is 6.20 Å². The highest BCUT2D eigenvalue weighted by Crippen LogP contribution is 2.36. The molecule has 1 nitrogen and oxygen atoms in total. The number of pyridine rings is 1. The van der Waals surface area contributed by atoms with Crippen LogP contribution in [-0.2, 0) is 12.8 Å². The lowest BCUT2D eigenvalue weighted by molar-refractivity contribution is 0.215. The molecule has 1 heterocycles. The van der Waals surface area contributed by atoms with Crippen LogP contribution >= 0.6 is 0 Å². The summed E-state index contributed by atoms with van der Waals surface area (Å²) >= 11 is 0. The Morgan fingerprint density at radius 1 is 1.36 bits per heavy atom. The van der Waals surface area contributed by atoms with Gasteiger partial charge in [-0.3, -0.25) is 4.98 Å². The summed E-state index contributed by atoms with van der Waals surface area (Å²) in [6.07, 6.45) is 5.59. The van der Waals surface area contributed by atoms with E-state index in [0.717, 1.165) is 12.3 Å². The minimum atomic E-state index is 0.438. The molecule has 0 fully saturated rings. The second-order valence-electron chi connectivity index (χ2n) is 5.41. The fraction of sp³-hybridized carbons (Fsp3) is 0.615. The molecule has 1 aliphatic rings. The minimum absolute atomic E-state index is 0.438. The van der Waals surface area contributed by atoms with E-state index in [4.69, 9.17) is 0 Å². The second-order valence-corrected chi connectivity index (χ2v) is 5.41. The van der Waals surface area contributed by atoms with Gasteiger partial charge in [-0.1, -0.05) is 26.8 Å². The number of fused-ring (bicyclic) bond motifs is 1. The minimum Gasteiger partial charge on any atom is -0.261 e. The Labute approximate surface area is 86.6 Å². The SMILES string of the molecule is CC(C)(C)C1CCc2ncccc2C1. The zero-order chi connectivity index (χ0) is 10.2. The topological polar surface area (TPSA) is 12.9 Å². The van der Waals surface area contributed by atoms with Gasteiger partial charge in [0.1, 0.15) is 0 Å². The van der Waals surface area contributed by atoms with E-state index in [9.17, 15) is 0 Å². The van der Waals surface area contributed by atoms with Crippen molar-refractivity contribution < 1.29 is 0 Å². The zero-order valence-electron chi connectivity index (χ0n) is 9.38. The van der Waals surface area contributed by atoms with Crippen molar-refractivity contribution in [1.82, 2.24) is 4.98 Å². The summed E-state index contributed by atoms with van der Waals surface area (Å²) in [6.45, 7) is 7.04. The fourth-order valence-electron chi connectivity index (χ4n) is 2.30. The predicted molar refractivity (Wildman–Crippen MR) is 59.2 cm³/mol. The van der Waals surface area contributed by atoms with Gasteiger partial charge in [0.2, 0.25) is 0 Å². The Kier molecular flexibility index (Phi) is 2.34. The maximum absolute atomic E-state index is 4.44. The summed E-state index contributed by atoms with van der Waals surface area (Å²) < 4.78 is 0. The van der Waals surface area contributed by atoms with Crippen LogP contribution in [0.2, 0.25) is 0 Å². The van der Waals surface area contributed by atoms with Gasteiger partial charge in [-0.15, -0.1) is 0 Å². The first-order valence-electron chi connectivity index (χ1n) is 5.50. The number of hydrogen-bond donors (Lipinski definition) is 0. The van der Waals surface area contributed by atoms with Crippen molar-refractivity contribution in [1.29, 1.82) is 0 Å². The van der Waals surface area contributed by atoms with E-state index < -0.39 is 0 Å². The quantitative estimate of drug-likeness (QED) is 0.610. The lowest BCUT2D eigenvalue weighted by atomic mass is 9.71. The highest BCUT2D eigenvalue weighted by molar-refractivity contribution is 5.23. The molecule has 2 rings (SSSR count). The van der Waals surface area contributed by atoms with Crippen molar-refractivity contribution in [2.75, 3.05) is 0 Å². The van der Waals surface area contributed by atoms with E-state index in [1.165, 1.54) is 24.1 Å². The first-order chi connectivity index (χ1) is 6.57. The maximum Gasteiger partial charge on any atom is 0.0435 e. The second kappa shape index (κ2) is 3.38. The molecule has 0 amide bonds. The molecular weight excluding hydrogens is 170 g/mol. The van der Waals surface area contributed by atoms with Gasteiger partial charge in [0.15, 0.2) is 0 Å². The summed E-state index contributed by atoms with van der Waals surface area (Å²) in [7, 11) is 0. The largest absolute Gasteiger partial charge is 0.261 e. The van der Waals surface area contributed by atoms with Crippen molar-refractivity contribution in [2.24, 2.45) is 11.3 Å². The molecule has 0 saturated carbocycles. The third-order valence-electron chi connectivity index (χ3n) is 3.41. The fourth-order valence-corrected chi connectivity index (χ4v) is 2.30. The summed E-state index contributed by atoms with van der Waals surface area (Å²) in [5.74, 6) is 0.819. The monoisotopic (exact) mass is 189 g/mol. The average Bonchev–Trinajstić information content (AvgIpc) is 2.16. The van der Waals surface area contributed by atoms with Gasteiger partial charge < -0.3 is 0 Å². The van der Waals surface area contributed by atoms with Gasteiger partial charge >= 0.3 is 0 Å². The van der Waals surface area contributed by atoms with E-state index in [2.05, 4.69) is 37.9 Å². The van der Waals surface area contributed by atoms with Crippen molar-refractivity contribution >= 4 is 0 Å². The van der Waals surface area contributed by atoms with Crippen LogP contribution in [-0.4, -0.2) is 4.98 Å². The van der Waals surface area contributed by atoms with Gasteiger partial charge in [-0.25, -0.2) is 0 Å². The molecule has 1 aliphatic carbocycles. The molecule has 0 bridgehead atoms. The molecule has 0 N–H and O–H groups in total. The highest BCUT2D eigenvalue weighted by Gasteiger charge is 2.28. The molecule has 14 heavy (non-hydrogen) atoms. The Balaban J connectivity index is 2.22. The zero-order valence-corrected chi connectivity index (χ0v) is 9.38. The standard InChI is InChI=1S/C13H19N/c1-13(2,3)11-6-7-12-10(9-11)5-4-8-14-12/h4-5,8,11H,6-7,9H2,1-3H3. The third kappa shape index (κ3) is 1.82. The molecule has 0 spiro atoms. The Morgan fingerprint density at radius 2 is 2.14 bits per heavy atom. The van der Waals surface area contributed by atoms with Crippen LogP contribution in [0.4, 0.5) is 0 Å². The molecule has 0 aromatic carbocycles. The Bertz CT molecular complexity index is 322. The van der Waals surface area contributed by atoms with Gasteiger partial charge in [-0.05, 0) is 42.2 Å². The van der Waals surface area contributed by atoms with Crippen LogP contribution in [0, 0.1) is 11.3 Å². The number of aryl methyl sites for hydroxylation is 1. The van der Waals surface area contributed by atoms with Gasteiger partial charge in [-0.2, -0.15) is 0 Å². The number of rotatable bonds is 0. The van der Waals surface area contributed by atoms with Gasteiger partial charge in [0.05, 0.1) is 0 Å². The molecule has 1 heteroatoms. The average molecular weight is 189 g/mol. The van der Waals surface area contributed by atoms with Crippen molar-refractivity contribution in [3.05, 3.63) is 29.6 Å². The van der Waals surface area contributed by atoms with Crippen LogP contribution in [0.5, 0.6) is 0 Å². The molecular formula is C13H19N. The first kappa shape index (κ1) is 9.70. The third-order valence-corrected chi connectivity index (χ3v) is 3.41. The lowest BCUT2D eigenvalue weighted by Gasteiger charge is -2.34. The summed E-state index contributed by atoms with van der Waals surface area (Å²) in [5.41, 5.74) is 3.24. The maximum atomic E-state index is 4.44. The van der Waals surface area contributed by atoms with Crippen LogP contribution < -0.4 is 0 Å². The van der Waals surface area contributed by atoms with Crippen LogP contribution in [0.25, 0.3) is 0 Å². The normalized spacial score (nSPS) is 21.8. The highest BCUT2D eigenvalue weighted by atomic mass is 14.7. The van der Waals surface area contributed by atoms with E-state index in [0.29, 0.717) is 5.41 Å². The van der Waals surface area contributed by atoms with Crippen LogP contribution in [0.15, 0.2) is 18.3 Å². The van der Waals surface area contributed by atoms with E-state index in [-0.39, 0.29) is 0 Å². The number of aromatic nitrogens is 1. The van der Waals surface area contributed by atoms with Crippen molar-refractivity contribution in [2.45, 2.75) is 40.0 Å². The van der Waals surface area contributed by atoms with Gasteiger partial charge in [0.25, 0.3) is 0 Å². The molecule has 0 radical (unpaired) electrons. The van der Waals surface area contributed by atoms with E-state index in [1.54, 1.807) is 0 Å². The van der Waals surface area contributed by atoms with Gasteiger partial charge in [0, 0.05) is 11.9 Å². The molecule has 1 unspecified atom stereocenters. The molecule has 0 aliphatic heterocycles. The lowest BCUT2D eigenvalue weighted by Crippen LogP contribution is -2.27. The summed E-state index contributed by atoms with van der Waals surface area (Å²) in [4.78, 5) is 4.44. The molecule has 1 aromatic heterocycles. The number of nitrogens with zero attached hydrogens (tertiary/aromatic N) is 1. The van der Waals surface area contributed by atoms with Crippen molar-refractivity contribution in [3.8, 4) is 0 Å². The summed E-state index contributed by atoms with van der Waals surface area (Å²) in [6, 6.07) is 4.30. The van der Waals surface area contributed by atoms with E-state index >= 15 is 0 Å². The van der Waals surface area contributed by atoms with Crippen molar-refractivity contribution in [3.63, 3.8) is 0 Å². The first-order valence-corrected chi connectivity index (χ1v) is 5.50. The smallest absolute Gasteiger partial charge is 0.0435 e. The predicted octanol–water partition coefficient (Wildman–Crippen LogP) is 3.23. The Morgan fingerprint density at radius 3 is 2.86 bits per heavy atom. The molecule has 0 saturated heterocycles. The van der Waals surface area contributed by atoms with Crippen LogP contribution in [0.3, 0.4) is 0 Å². The summed E-state index contributed by atoms with van der Waals surface area (Å²) in [5, 5.41) is 0.